The second-order valence-electron chi connectivity index (χ2n) is 5.43. The van der Waals surface area contributed by atoms with Gasteiger partial charge in [0.05, 0.1) is 11.3 Å². The molecule has 0 unspecified atom stereocenters. The Morgan fingerprint density at radius 2 is 2.00 bits per heavy atom. The number of hydrogen-bond donors (Lipinski definition) is 2. The van der Waals surface area contributed by atoms with Gasteiger partial charge in [-0.2, -0.15) is 0 Å². The van der Waals surface area contributed by atoms with Gasteiger partial charge in [0.15, 0.2) is 0 Å². The Bertz CT molecular complexity index is 498. The van der Waals surface area contributed by atoms with Crippen molar-refractivity contribution in [3.63, 3.8) is 0 Å². The van der Waals surface area contributed by atoms with Gasteiger partial charge in [0.25, 0.3) is 5.91 Å². The van der Waals surface area contributed by atoms with Crippen molar-refractivity contribution in [2.75, 3.05) is 5.73 Å². The van der Waals surface area contributed by atoms with Crippen molar-refractivity contribution in [1.29, 1.82) is 0 Å². The van der Waals surface area contributed by atoms with Crippen LogP contribution in [-0.4, -0.2) is 11.4 Å². The molecule has 1 fully saturated rings. The molecule has 5 heteroatoms. The van der Waals surface area contributed by atoms with Crippen LogP contribution in [0.25, 0.3) is 0 Å². The lowest BCUT2D eigenvalue weighted by Crippen LogP contribution is -2.47. The molecule has 1 aliphatic carbocycles. The third-order valence-corrected chi connectivity index (χ3v) is 4.36. The second-order valence-corrected chi connectivity index (χ2v) is 6.28. The van der Waals surface area contributed by atoms with Gasteiger partial charge in [0, 0.05) is 10.0 Å². The number of nitrogens with two attached hydrogens (primary N) is 1. The van der Waals surface area contributed by atoms with E-state index in [-0.39, 0.29) is 17.1 Å². The molecule has 0 aliphatic heterocycles. The van der Waals surface area contributed by atoms with Gasteiger partial charge >= 0.3 is 0 Å². The van der Waals surface area contributed by atoms with E-state index in [9.17, 15) is 9.18 Å². The maximum absolute atomic E-state index is 13.3. The molecule has 3 N–H and O–H groups in total. The van der Waals surface area contributed by atoms with Crippen LogP contribution in [-0.2, 0) is 0 Å². The SMILES string of the molecule is CC1(NC(=O)c2cc(N)c(F)cc2Br)CCCCC1. The monoisotopic (exact) mass is 328 g/mol. The average Bonchev–Trinajstić information content (AvgIpc) is 2.34. The van der Waals surface area contributed by atoms with Crippen LogP contribution in [0.2, 0.25) is 0 Å². The third kappa shape index (κ3) is 3.26. The highest BCUT2D eigenvalue weighted by Crippen LogP contribution is 2.29. The minimum Gasteiger partial charge on any atom is -0.396 e. The predicted octanol–water partition coefficient (Wildman–Crippen LogP) is 3.62. The van der Waals surface area contributed by atoms with Crippen molar-refractivity contribution in [3.8, 4) is 0 Å². The van der Waals surface area contributed by atoms with E-state index in [0.717, 1.165) is 25.7 Å². The number of halogens is 2. The maximum Gasteiger partial charge on any atom is 0.252 e. The van der Waals surface area contributed by atoms with Crippen LogP contribution in [0.3, 0.4) is 0 Å². The summed E-state index contributed by atoms with van der Waals surface area (Å²) in [6.07, 6.45) is 5.44. The number of hydrogen-bond acceptors (Lipinski definition) is 2. The Hall–Kier alpha value is -1.10. The number of nitrogens with one attached hydrogen (secondary N) is 1. The number of rotatable bonds is 2. The van der Waals surface area contributed by atoms with Gasteiger partial charge in [0.2, 0.25) is 0 Å². The van der Waals surface area contributed by atoms with E-state index in [0.29, 0.717) is 10.0 Å². The molecular formula is C14H18BrFN2O. The van der Waals surface area contributed by atoms with Crippen molar-refractivity contribution < 1.29 is 9.18 Å². The number of amides is 1. The van der Waals surface area contributed by atoms with E-state index in [2.05, 4.69) is 28.2 Å². The van der Waals surface area contributed by atoms with Crippen LogP contribution in [0.1, 0.15) is 49.4 Å². The summed E-state index contributed by atoms with van der Waals surface area (Å²) >= 11 is 3.21. The first kappa shape index (κ1) is 14.3. The van der Waals surface area contributed by atoms with Crippen molar-refractivity contribution in [1.82, 2.24) is 5.32 Å². The van der Waals surface area contributed by atoms with Crippen molar-refractivity contribution in [2.24, 2.45) is 0 Å². The minimum atomic E-state index is -0.521. The molecule has 1 saturated carbocycles. The highest BCUT2D eigenvalue weighted by molar-refractivity contribution is 9.10. The third-order valence-electron chi connectivity index (χ3n) is 3.70. The number of anilines is 1. The smallest absolute Gasteiger partial charge is 0.252 e. The number of carbonyl (C=O) groups is 1. The van der Waals surface area contributed by atoms with Crippen LogP contribution >= 0.6 is 15.9 Å². The molecule has 2 rings (SSSR count). The summed E-state index contributed by atoms with van der Waals surface area (Å²) in [6.45, 7) is 2.06. The Morgan fingerprint density at radius 3 is 2.63 bits per heavy atom. The van der Waals surface area contributed by atoms with Crippen LogP contribution in [0, 0.1) is 5.82 Å². The molecule has 1 aromatic carbocycles. The summed E-state index contributed by atoms with van der Waals surface area (Å²) < 4.78 is 13.7. The van der Waals surface area contributed by atoms with E-state index in [1.165, 1.54) is 18.6 Å². The van der Waals surface area contributed by atoms with Crippen molar-refractivity contribution in [2.45, 2.75) is 44.6 Å². The molecular weight excluding hydrogens is 311 g/mol. The molecule has 1 aromatic rings. The summed E-state index contributed by atoms with van der Waals surface area (Å²) in [6, 6.07) is 2.61. The first-order chi connectivity index (χ1) is 8.91. The number of benzene rings is 1. The highest BCUT2D eigenvalue weighted by atomic mass is 79.9. The van der Waals surface area contributed by atoms with Crippen LogP contribution in [0.4, 0.5) is 10.1 Å². The fourth-order valence-corrected chi connectivity index (χ4v) is 3.03. The van der Waals surface area contributed by atoms with E-state index < -0.39 is 5.82 Å². The molecule has 3 nitrogen and oxygen atoms in total. The molecule has 104 valence electrons. The lowest BCUT2D eigenvalue weighted by atomic mass is 9.83. The minimum absolute atomic E-state index is 0.0119. The molecule has 0 heterocycles. The lowest BCUT2D eigenvalue weighted by Gasteiger charge is -2.34. The highest BCUT2D eigenvalue weighted by Gasteiger charge is 2.29. The Morgan fingerprint density at radius 1 is 1.37 bits per heavy atom. The summed E-state index contributed by atoms with van der Waals surface area (Å²) in [5.74, 6) is -0.727. The molecule has 0 atom stereocenters. The normalized spacial score (nSPS) is 18.1. The Labute approximate surface area is 120 Å². The molecule has 19 heavy (non-hydrogen) atoms. The summed E-state index contributed by atoms with van der Waals surface area (Å²) in [7, 11) is 0. The largest absolute Gasteiger partial charge is 0.396 e. The standard InChI is InChI=1S/C14H18BrFN2O/c1-14(5-3-2-4-6-14)18-13(19)9-7-12(17)11(16)8-10(9)15/h7-8H,2-6,17H2,1H3,(H,18,19). The quantitative estimate of drug-likeness (QED) is 0.814. The van der Waals surface area contributed by atoms with Gasteiger partial charge in [-0.1, -0.05) is 19.3 Å². The predicted molar refractivity (Wildman–Crippen MR) is 77.5 cm³/mol. The zero-order valence-electron chi connectivity index (χ0n) is 10.9. The van der Waals surface area contributed by atoms with E-state index in [1.54, 1.807) is 0 Å². The van der Waals surface area contributed by atoms with E-state index >= 15 is 0 Å². The molecule has 0 radical (unpaired) electrons. The Kier molecular flexibility index (Phi) is 4.13. The summed E-state index contributed by atoms with van der Waals surface area (Å²) in [4.78, 5) is 12.3. The second kappa shape index (κ2) is 5.49. The van der Waals surface area contributed by atoms with Gasteiger partial charge in [-0.25, -0.2) is 4.39 Å². The van der Waals surface area contributed by atoms with E-state index in [1.807, 2.05) is 0 Å². The fraction of sp³-hybridized carbons (Fsp3) is 0.500. The zero-order valence-corrected chi connectivity index (χ0v) is 12.5. The summed E-state index contributed by atoms with van der Waals surface area (Å²) in [5.41, 5.74) is 5.72. The van der Waals surface area contributed by atoms with Gasteiger partial charge in [-0.05, 0) is 47.8 Å². The average molecular weight is 329 g/mol. The van der Waals surface area contributed by atoms with Gasteiger partial charge in [0.1, 0.15) is 5.82 Å². The summed E-state index contributed by atoms with van der Waals surface area (Å²) in [5, 5.41) is 3.05. The first-order valence-electron chi connectivity index (χ1n) is 6.48. The van der Waals surface area contributed by atoms with Crippen LogP contribution in [0.15, 0.2) is 16.6 Å². The van der Waals surface area contributed by atoms with Gasteiger partial charge < -0.3 is 11.1 Å². The molecule has 1 amide bonds. The van der Waals surface area contributed by atoms with Crippen LogP contribution in [0.5, 0.6) is 0 Å². The maximum atomic E-state index is 13.3. The number of carbonyl (C=O) groups excluding carboxylic acids is 1. The topological polar surface area (TPSA) is 55.1 Å². The lowest BCUT2D eigenvalue weighted by molar-refractivity contribution is 0.0882. The van der Waals surface area contributed by atoms with Gasteiger partial charge in [-0.3, -0.25) is 4.79 Å². The fourth-order valence-electron chi connectivity index (χ4n) is 2.54. The Balaban J connectivity index is 2.18. The van der Waals surface area contributed by atoms with Crippen molar-refractivity contribution >= 4 is 27.5 Å². The van der Waals surface area contributed by atoms with Gasteiger partial charge in [-0.15, -0.1) is 0 Å². The van der Waals surface area contributed by atoms with Crippen molar-refractivity contribution in [3.05, 3.63) is 28.0 Å². The first-order valence-corrected chi connectivity index (χ1v) is 7.28. The van der Waals surface area contributed by atoms with Crippen LogP contribution < -0.4 is 11.1 Å². The molecule has 0 aromatic heterocycles. The molecule has 0 spiro atoms. The molecule has 1 aliphatic rings. The number of nitrogen functional groups attached to an aromatic ring is 1. The zero-order chi connectivity index (χ0) is 14.0. The molecule has 0 saturated heterocycles. The molecule has 0 bridgehead atoms. The van der Waals surface area contributed by atoms with E-state index in [4.69, 9.17) is 5.73 Å².